The summed E-state index contributed by atoms with van der Waals surface area (Å²) in [4.78, 5) is 19.4. The second-order valence-electron chi connectivity index (χ2n) is 6.15. The highest BCUT2D eigenvalue weighted by Crippen LogP contribution is 2.38. The Balaban J connectivity index is 1.66. The van der Waals surface area contributed by atoms with Crippen molar-refractivity contribution < 1.29 is 19.4 Å². The van der Waals surface area contributed by atoms with Gasteiger partial charge in [0.05, 0.1) is 23.8 Å². The molecule has 0 bridgehead atoms. The Kier molecular flexibility index (Phi) is 5.76. The average molecular weight is 501 g/mol. The molecule has 0 spiro atoms. The van der Waals surface area contributed by atoms with Crippen molar-refractivity contribution in [2.75, 3.05) is 17.9 Å². The van der Waals surface area contributed by atoms with Crippen LogP contribution in [0.3, 0.4) is 0 Å². The zero-order valence-electron chi connectivity index (χ0n) is 16.2. The summed E-state index contributed by atoms with van der Waals surface area (Å²) in [5.41, 5.74) is 3.37. The third kappa shape index (κ3) is 4.24. The van der Waals surface area contributed by atoms with E-state index in [2.05, 4.69) is 56.7 Å². The molecule has 0 amide bonds. The van der Waals surface area contributed by atoms with Crippen LogP contribution in [0.4, 0.5) is 23.0 Å². The summed E-state index contributed by atoms with van der Waals surface area (Å²) >= 11 is 3.37. The quantitative estimate of drug-likeness (QED) is 0.192. The smallest absolute Gasteiger partial charge is 0.323 e. The predicted octanol–water partition coefficient (Wildman–Crippen LogP) is 3.59. The van der Waals surface area contributed by atoms with Crippen molar-refractivity contribution in [3.8, 4) is 11.5 Å². The number of aromatic hydroxyl groups is 1. The molecule has 2 heterocycles. The average Bonchev–Trinajstić information content (AvgIpc) is 3.23. The van der Waals surface area contributed by atoms with E-state index in [0.29, 0.717) is 5.69 Å². The van der Waals surface area contributed by atoms with E-state index in [-0.39, 0.29) is 40.0 Å². The Morgan fingerprint density at radius 3 is 2.50 bits per heavy atom. The van der Waals surface area contributed by atoms with Crippen LogP contribution in [0.1, 0.15) is 5.56 Å². The van der Waals surface area contributed by atoms with Crippen molar-refractivity contribution >= 4 is 56.4 Å². The third-order valence-corrected chi connectivity index (χ3v) is 4.65. The van der Waals surface area contributed by atoms with Gasteiger partial charge in [0.25, 0.3) is 0 Å². The molecule has 0 atom stereocenters. The second-order valence-corrected chi connectivity index (χ2v) is 7.06. The van der Waals surface area contributed by atoms with E-state index in [1.165, 1.54) is 25.5 Å². The van der Waals surface area contributed by atoms with Crippen molar-refractivity contribution in [2.45, 2.75) is 0 Å². The number of anilines is 3. The fraction of sp³-hybridized carbons (Fsp3) is 0.0556. The van der Waals surface area contributed by atoms with Gasteiger partial charge in [0.2, 0.25) is 17.0 Å². The highest BCUT2D eigenvalue weighted by atomic mass is 79.9. The first kappa shape index (κ1) is 20.9. The lowest BCUT2D eigenvalue weighted by Gasteiger charge is -2.09. The lowest BCUT2D eigenvalue weighted by molar-refractivity contribution is -0.385. The van der Waals surface area contributed by atoms with Crippen LogP contribution in [-0.2, 0) is 0 Å². The zero-order valence-corrected chi connectivity index (χ0v) is 17.8. The van der Waals surface area contributed by atoms with Crippen LogP contribution in [0.2, 0.25) is 0 Å². The van der Waals surface area contributed by atoms with Gasteiger partial charge in [0.15, 0.2) is 17.4 Å². The van der Waals surface area contributed by atoms with Crippen LogP contribution in [0.15, 0.2) is 50.6 Å². The van der Waals surface area contributed by atoms with Crippen molar-refractivity contribution in [1.29, 1.82) is 0 Å². The maximum absolute atomic E-state index is 11.5. The second kappa shape index (κ2) is 8.81. The minimum Gasteiger partial charge on any atom is -0.504 e. The molecule has 0 aliphatic heterocycles. The van der Waals surface area contributed by atoms with Crippen LogP contribution in [-0.4, -0.2) is 43.6 Å². The standard InChI is InChI=1S/C18H13BrN8O5/c1-31-14-12(28)7-2-9(13(14)27(29)30)8-20-24-16-15(21-11-5-3-10(19)4-6-11)22-17-18(23-16)26-32-25-17/h2-8,28H,1H3,(H,21,22,25)(H,23,24,26)/b20-8+. The number of nitro benzene ring substituents is 1. The van der Waals surface area contributed by atoms with Crippen LogP contribution in [0.25, 0.3) is 11.3 Å². The largest absolute Gasteiger partial charge is 0.504 e. The molecule has 0 unspecified atom stereocenters. The predicted molar refractivity (Wildman–Crippen MR) is 117 cm³/mol. The first-order valence-electron chi connectivity index (χ1n) is 8.82. The fourth-order valence-corrected chi connectivity index (χ4v) is 2.97. The fourth-order valence-electron chi connectivity index (χ4n) is 2.71. The number of methoxy groups -OCH3 is 1. The normalized spacial score (nSPS) is 11.1. The first-order valence-corrected chi connectivity index (χ1v) is 9.62. The summed E-state index contributed by atoms with van der Waals surface area (Å²) in [5.74, 6) is -0.196. The summed E-state index contributed by atoms with van der Waals surface area (Å²) in [5, 5.41) is 35.7. The summed E-state index contributed by atoms with van der Waals surface area (Å²) in [6.07, 6.45) is 1.19. The molecule has 0 aliphatic carbocycles. The first-order chi connectivity index (χ1) is 15.5. The molecule has 14 heteroatoms. The molecule has 0 saturated heterocycles. The molecule has 2 aromatic carbocycles. The van der Waals surface area contributed by atoms with E-state index >= 15 is 0 Å². The number of phenolic OH excluding ortho intramolecular Hbond substituents is 1. The Morgan fingerprint density at radius 1 is 1.16 bits per heavy atom. The number of phenols is 1. The van der Waals surface area contributed by atoms with Crippen molar-refractivity contribution in [2.24, 2.45) is 5.10 Å². The number of benzene rings is 2. The third-order valence-electron chi connectivity index (χ3n) is 4.12. The van der Waals surface area contributed by atoms with Crippen LogP contribution >= 0.6 is 15.9 Å². The highest BCUT2D eigenvalue weighted by Gasteiger charge is 2.23. The number of hydrogen-bond donors (Lipinski definition) is 3. The molecular weight excluding hydrogens is 488 g/mol. The topological polar surface area (TPSA) is 174 Å². The van der Waals surface area contributed by atoms with E-state index < -0.39 is 10.6 Å². The van der Waals surface area contributed by atoms with E-state index in [1.54, 1.807) is 0 Å². The van der Waals surface area contributed by atoms with Gasteiger partial charge in [-0.2, -0.15) is 10.1 Å². The molecule has 4 rings (SSSR count). The van der Waals surface area contributed by atoms with Gasteiger partial charge in [-0.15, -0.1) is 0 Å². The molecule has 3 N–H and O–H groups in total. The number of fused-ring (bicyclic) bond motifs is 1. The molecule has 0 saturated carbocycles. The van der Waals surface area contributed by atoms with Gasteiger partial charge in [0.1, 0.15) is 0 Å². The molecule has 0 radical (unpaired) electrons. The summed E-state index contributed by atoms with van der Waals surface area (Å²) in [6, 6.07) is 9.91. The maximum atomic E-state index is 11.5. The van der Waals surface area contributed by atoms with E-state index in [1.807, 2.05) is 24.3 Å². The molecule has 0 aliphatic rings. The minimum absolute atomic E-state index is 0.0942. The Morgan fingerprint density at radius 2 is 1.84 bits per heavy atom. The van der Waals surface area contributed by atoms with Gasteiger partial charge in [-0.25, -0.2) is 9.61 Å². The monoisotopic (exact) mass is 500 g/mol. The van der Waals surface area contributed by atoms with Gasteiger partial charge >= 0.3 is 5.69 Å². The molecule has 0 fully saturated rings. The molecular formula is C18H13BrN8O5. The number of nitro groups is 1. The van der Waals surface area contributed by atoms with Crippen LogP contribution in [0, 0.1) is 10.1 Å². The van der Waals surface area contributed by atoms with Gasteiger partial charge < -0.3 is 15.2 Å². The molecule has 13 nitrogen and oxygen atoms in total. The Bertz CT molecular complexity index is 1330. The number of nitrogens with one attached hydrogen (secondary N) is 2. The number of aromatic nitrogens is 4. The van der Waals surface area contributed by atoms with Gasteiger partial charge in [-0.05, 0) is 46.7 Å². The number of halogens is 1. The van der Waals surface area contributed by atoms with E-state index in [0.717, 1.165) is 4.47 Å². The summed E-state index contributed by atoms with van der Waals surface area (Å²) < 4.78 is 10.5. The van der Waals surface area contributed by atoms with Gasteiger partial charge in [-0.3, -0.25) is 15.5 Å². The van der Waals surface area contributed by atoms with E-state index in [4.69, 9.17) is 4.74 Å². The van der Waals surface area contributed by atoms with Crippen LogP contribution < -0.4 is 15.5 Å². The maximum Gasteiger partial charge on any atom is 0.323 e. The number of hydrazone groups is 1. The van der Waals surface area contributed by atoms with Crippen molar-refractivity contribution in [3.63, 3.8) is 0 Å². The number of hydrogen-bond acceptors (Lipinski definition) is 12. The molecule has 4 aromatic rings. The molecule has 32 heavy (non-hydrogen) atoms. The van der Waals surface area contributed by atoms with Crippen LogP contribution in [0.5, 0.6) is 11.5 Å². The summed E-state index contributed by atoms with van der Waals surface area (Å²) in [6.45, 7) is 0. The summed E-state index contributed by atoms with van der Waals surface area (Å²) in [7, 11) is 1.22. The lowest BCUT2D eigenvalue weighted by Crippen LogP contribution is -2.04. The zero-order chi connectivity index (χ0) is 22.7. The number of rotatable bonds is 7. The highest BCUT2D eigenvalue weighted by molar-refractivity contribution is 9.10. The SMILES string of the molecule is COc1c(O)ccc(/C=N/Nc2nc3nonc3nc2Nc2ccc(Br)cc2)c1[N+](=O)[O-]. The van der Waals surface area contributed by atoms with E-state index in [9.17, 15) is 15.2 Å². The van der Waals surface area contributed by atoms with Crippen molar-refractivity contribution in [1.82, 2.24) is 20.3 Å². The number of ether oxygens (including phenoxy) is 1. The molecule has 2 aromatic heterocycles. The van der Waals surface area contributed by atoms with Crippen molar-refractivity contribution in [3.05, 3.63) is 56.5 Å². The lowest BCUT2D eigenvalue weighted by atomic mass is 10.1. The van der Waals surface area contributed by atoms with Gasteiger partial charge in [-0.1, -0.05) is 15.9 Å². The number of nitrogens with zero attached hydrogens (tertiary/aromatic N) is 6. The van der Waals surface area contributed by atoms with Gasteiger partial charge in [0, 0.05) is 10.2 Å². The minimum atomic E-state index is -0.673. The Hall–Kier alpha value is -4.33. The Labute approximate surface area is 187 Å². The molecule has 162 valence electrons.